The normalized spacial score (nSPS) is 15.2. The van der Waals surface area contributed by atoms with Crippen LogP contribution in [0.15, 0.2) is 28.2 Å². The SMILES string of the molecule is O=C1CC(=O)N=c2cc(Cl)ccc2=N1. The van der Waals surface area contributed by atoms with Crippen LogP contribution in [0.4, 0.5) is 0 Å². The maximum absolute atomic E-state index is 11.1. The van der Waals surface area contributed by atoms with Gasteiger partial charge in [0, 0.05) is 5.02 Å². The van der Waals surface area contributed by atoms with Crippen molar-refractivity contribution >= 4 is 23.4 Å². The average Bonchev–Trinajstić information content (AvgIpc) is 2.21. The minimum atomic E-state index is -0.486. The maximum atomic E-state index is 11.1. The third-order valence-electron chi connectivity index (χ3n) is 1.73. The van der Waals surface area contributed by atoms with Gasteiger partial charge in [0.1, 0.15) is 6.42 Å². The molecule has 1 aromatic rings. The minimum Gasteiger partial charge on any atom is -0.272 e. The summed E-state index contributed by atoms with van der Waals surface area (Å²) < 4.78 is 0. The summed E-state index contributed by atoms with van der Waals surface area (Å²) in [7, 11) is 0. The van der Waals surface area contributed by atoms with Crippen molar-refractivity contribution in [2.24, 2.45) is 9.98 Å². The number of carbonyl (C=O) groups excluding carboxylic acids is 2. The third kappa shape index (κ3) is 1.70. The number of amides is 2. The lowest BCUT2D eigenvalue weighted by Gasteiger charge is -1.87. The van der Waals surface area contributed by atoms with Crippen LogP contribution in [-0.4, -0.2) is 11.8 Å². The van der Waals surface area contributed by atoms with Gasteiger partial charge in [-0.05, 0) is 18.2 Å². The number of hydrogen-bond donors (Lipinski definition) is 0. The van der Waals surface area contributed by atoms with Crippen molar-refractivity contribution in [1.82, 2.24) is 0 Å². The van der Waals surface area contributed by atoms with Crippen molar-refractivity contribution in [2.45, 2.75) is 6.42 Å². The summed E-state index contributed by atoms with van der Waals surface area (Å²) in [6.45, 7) is 0. The Morgan fingerprint density at radius 1 is 1.07 bits per heavy atom. The molecule has 5 heteroatoms. The quantitative estimate of drug-likeness (QED) is 0.565. The van der Waals surface area contributed by atoms with Gasteiger partial charge in [0.05, 0.1) is 10.7 Å². The lowest BCUT2D eigenvalue weighted by Crippen LogP contribution is -2.25. The molecule has 2 rings (SSSR count). The number of halogens is 1. The first-order valence-electron chi connectivity index (χ1n) is 3.94. The highest BCUT2D eigenvalue weighted by Gasteiger charge is 2.10. The molecule has 2 amide bonds. The summed E-state index contributed by atoms with van der Waals surface area (Å²) >= 11 is 5.72. The summed E-state index contributed by atoms with van der Waals surface area (Å²) in [5, 5.41) is 1.21. The Morgan fingerprint density at radius 3 is 2.43 bits per heavy atom. The van der Waals surface area contributed by atoms with Gasteiger partial charge in [-0.25, -0.2) is 9.98 Å². The van der Waals surface area contributed by atoms with E-state index in [9.17, 15) is 9.59 Å². The predicted molar refractivity (Wildman–Crippen MR) is 48.4 cm³/mol. The fraction of sp³-hybridized carbons (Fsp3) is 0.111. The van der Waals surface area contributed by atoms with Crippen molar-refractivity contribution in [3.63, 3.8) is 0 Å². The molecule has 0 radical (unpaired) electrons. The number of carbonyl (C=O) groups is 2. The number of benzene rings is 1. The van der Waals surface area contributed by atoms with Gasteiger partial charge in [0.2, 0.25) is 0 Å². The van der Waals surface area contributed by atoms with E-state index in [1.54, 1.807) is 12.1 Å². The number of hydrogen-bond acceptors (Lipinski definition) is 2. The molecular weight excluding hydrogens is 204 g/mol. The highest BCUT2D eigenvalue weighted by molar-refractivity contribution is 6.30. The van der Waals surface area contributed by atoms with E-state index in [1.165, 1.54) is 6.07 Å². The molecule has 0 aromatic heterocycles. The Hall–Kier alpha value is -1.55. The second-order valence-electron chi connectivity index (χ2n) is 2.82. The molecule has 0 atom stereocenters. The first-order chi connectivity index (χ1) is 6.65. The van der Waals surface area contributed by atoms with Crippen LogP contribution < -0.4 is 10.7 Å². The first-order valence-corrected chi connectivity index (χ1v) is 4.31. The van der Waals surface area contributed by atoms with Gasteiger partial charge in [-0.1, -0.05) is 11.6 Å². The Balaban J connectivity index is 2.82. The van der Waals surface area contributed by atoms with Gasteiger partial charge in [-0.2, -0.15) is 0 Å². The van der Waals surface area contributed by atoms with Crippen LogP contribution >= 0.6 is 11.6 Å². The monoisotopic (exact) mass is 208 g/mol. The van der Waals surface area contributed by atoms with Crippen molar-refractivity contribution in [3.05, 3.63) is 33.9 Å². The van der Waals surface area contributed by atoms with Gasteiger partial charge in [-0.3, -0.25) is 9.59 Å². The first kappa shape index (κ1) is 9.02. The molecule has 0 spiro atoms. The fourth-order valence-corrected chi connectivity index (χ4v) is 1.32. The van der Waals surface area contributed by atoms with Gasteiger partial charge in [0.15, 0.2) is 0 Å². The van der Waals surface area contributed by atoms with Crippen molar-refractivity contribution in [2.75, 3.05) is 0 Å². The molecule has 70 valence electrons. The zero-order valence-electron chi connectivity index (χ0n) is 7.03. The third-order valence-corrected chi connectivity index (χ3v) is 1.97. The Morgan fingerprint density at radius 2 is 1.71 bits per heavy atom. The van der Waals surface area contributed by atoms with Gasteiger partial charge >= 0.3 is 0 Å². The van der Waals surface area contributed by atoms with E-state index in [0.29, 0.717) is 15.7 Å². The van der Waals surface area contributed by atoms with Crippen LogP contribution in [-0.2, 0) is 9.59 Å². The summed E-state index contributed by atoms with van der Waals surface area (Å²) in [5.41, 5.74) is 0. The number of rotatable bonds is 0. The molecule has 0 saturated heterocycles. The van der Waals surface area contributed by atoms with Crippen LogP contribution in [0.2, 0.25) is 5.02 Å². The lowest BCUT2D eigenvalue weighted by molar-refractivity contribution is -0.125. The standard InChI is InChI=1S/C9H5ClN2O2/c10-5-1-2-6-7(3-5)12-9(14)4-8(13)11-6/h1-3H,4H2. The predicted octanol–water partition coefficient (Wildman–Crippen LogP) is 0.0361. The molecule has 1 aliphatic rings. The van der Waals surface area contributed by atoms with Gasteiger partial charge in [-0.15, -0.1) is 0 Å². The molecular formula is C9H5ClN2O2. The largest absolute Gasteiger partial charge is 0.272 e. The van der Waals surface area contributed by atoms with Crippen molar-refractivity contribution < 1.29 is 9.59 Å². The van der Waals surface area contributed by atoms with E-state index >= 15 is 0 Å². The number of fused-ring (bicyclic) bond motifs is 1. The summed E-state index contributed by atoms with van der Waals surface area (Å²) in [5.74, 6) is -0.959. The maximum Gasteiger partial charge on any atom is 0.255 e. The average molecular weight is 209 g/mol. The topological polar surface area (TPSA) is 58.9 Å². The van der Waals surface area contributed by atoms with E-state index in [0.717, 1.165) is 0 Å². The molecule has 0 saturated carbocycles. The minimum absolute atomic E-state index is 0.272. The van der Waals surface area contributed by atoms with Gasteiger partial charge in [0.25, 0.3) is 11.8 Å². The highest BCUT2D eigenvalue weighted by atomic mass is 35.5. The smallest absolute Gasteiger partial charge is 0.255 e. The summed E-state index contributed by atoms with van der Waals surface area (Å²) in [4.78, 5) is 29.6. The molecule has 0 unspecified atom stereocenters. The van der Waals surface area contributed by atoms with E-state index < -0.39 is 11.8 Å². The zero-order valence-corrected chi connectivity index (χ0v) is 7.78. The molecule has 1 aromatic carbocycles. The van der Waals surface area contributed by atoms with E-state index in [1.807, 2.05) is 0 Å². The Bertz CT molecular complexity index is 536. The summed E-state index contributed by atoms with van der Waals surface area (Å²) in [6.07, 6.45) is -0.272. The van der Waals surface area contributed by atoms with Crippen molar-refractivity contribution in [3.8, 4) is 0 Å². The molecule has 0 bridgehead atoms. The Kier molecular flexibility index (Phi) is 2.13. The van der Waals surface area contributed by atoms with E-state index in [-0.39, 0.29) is 6.42 Å². The second-order valence-corrected chi connectivity index (χ2v) is 3.26. The lowest BCUT2D eigenvalue weighted by atomic mass is 10.3. The second kappa shape index (κ2) is 3.31. The molecule has 1 aliphatic heterocycles. The molecule has 0 aliphatic carbocycles. The highest BCUT2D eigenvalue weighted by Crippen LogP contribution is 2.00. The van der Waals surface area contributed by atoms with Crippen LogP contribution in [0.1, 0.15) is 6.42 Å². The number of nitrogens with zero attached hydrogens (tertiary/aromatic N) is 2. The van der Waals surface area contributed by atoms with E-state index in [2.05, 4.69) is 9.98 Å². The molecule has 0 fully saturated rings. The van der Waals surface area contributed by atoms with Crippen molar-refractivity contribution in [1.29, 1.82) is 0 Å². The molecule has 0 N–H and O–H groups in total. The molecule has 1 heterocycles. The van der Waals surface area contributed by atoms with Crippen LogP contribution in [0.5, 0.6) is 0 Å². The molecule has 4 nitrogen and oxygen atoms in total. The fourth-order valence-electron chi connectivity index (χ4n) is 1.16. The summed E-state index contributed by atoms with van der Waals surface area (Å²) in [6, 6.07) is 4.68. The van der Waals surface area contributed by atoms with Crippen LogP contribution in [0.25, 0.3) is 0 Å². The van der Waals surface area contributed by atoms with Crippen LogP contribution in [0.3, 0.4) is 0 Å². The Labute approximate surface area is 83.9 Å². The van der Waals surface area contributed by atoms with E-state index in [4.69, 9.17) is 11.6 Å². The zero-order chi connectivity index (χ0) is 10.1. The van der Waals surface area contributed by atoms with Gasteiger partial charge < -0.3 is 0 Å². The molecule has 14 heavy (non-hydrogen) atoms. The van der Waals surface area contributed by atoms with Crippen LogP contribution in [0, 0.1) is 0 Å².